The summed E-state index contributed by atoms with van der Waals surface area (Å²) in [4.78, 5) is 31.1. The summed E-state index contributed by atoms with van der Waals surface area (Å²) in [5.41, 5.74) is 7.35. The Morgan fingerprint density at radius 1 is 0.881 bits per heavy atom. The second-order valence-corrected chi connectivity index (χ2v) is 12.3. The van der Waals surface area contributed by atoms with Gasteiger partial charge < -0.3 is 9.47 Å². The van der Waals surface area contributed by atoms with E-state index in [4.69, 9.17) is 11.6 Å². The molecule has 5 aromatic rings. The van der Waals surface area contributed by atoms with Gasteiger partial charge in [-0.25, -0.2) is 8.42 Å². The minimum atomic E-state index is -4.08. The maximum absolute atomic E-state index is 14.0. The van der Waals surface area contributed by atoms with Gasteiger partial charge in [-0.2, -0.15) is 0 Å². The van der Waals surface area contributed by atoms with Crippen LogP contribution in [-0.4, -0.2) is 35.7 Å². The van der Waals surface area contributed by atoms with Crippen LogP contribution in [0.1, 0.15) is 34.5 Å². The van der Waals surface area contributed by atoms with Crippen molar-refractivity contribution in [1.82, 2.24) is 19.7 Å². The van der Waals surface area contributed by atoms with E-state index in [2.05, 4.69) is 14.8 Å². The lowest BCUT2D eigenvalue weighted by atomic mass is 9.92. The van der Waals surface area contributed by atoms with Crippen LogP contribution >= 0.6 is 11.6 Å². The smallest absolute Gasteiger partial charge is 0.257 e. The highest BCUT2D eigenvalue weighted by molar-refractivity contribution is 7.89. The minimum Gasteiger partial charge on any atom is -0.343 e. The van der Waals surface area contributed by atoms with E-state index in [1.807, 2.05) is 73.8 Å². The lowest BCUT2D eigenvalue weighted by Gasteiger charge is -2.31. The standard InChI is InChI=1S/C32H27ClN4O4S/c1-20(31(38)34-35-42(40,41)23-18-16-22(33)17-19-23)37-30(24-12-6-7-13-25(24)32(37)39)28-26-14-8-9-15-27(26)36(2)29(28)21-10-4-3-5-11-21/h3-20,30,35H,1-2H3,(H,34,38). The molecule has 0 spiro atoms. The van der Waals surface area contributed by atoms with E-state index in [1.54, 1.807) is 19.1 Å². The summed E-state index contributed by atoms with van der Waals surface area (Å²) in [6, 6.07) is 29.1. The molecule has 2 N–H and O–H groups in total. The number of nitrogens with zero attached hydrogens (tertiary/aromatic N) is 2. The molecule has 1 aromatic heterocycles. The van der Waals surface area contributed by atoms with Crippen LogP contribution in [0.15, 0.2) is 108 Å². The molecule has 2 atom stereocenters. The second-order valence-electron chi connectivity index (χ2n) is 10.1. The third-order valence-corrected chi connectivity index (χ3v) is 9.21. The SMILES string of the molecule is CC(C(=O)NNS(=O)(=O)c1ccc(Cl)cc1)N1C(=O)c2ccccc2C1c1c(-c2ccccc2)n(C)c2ccccc12. The summed E-state index contributed by atoms with van der Waals surface area (Å²) in [6.07, 6.45) is 0. The minimum absolute atomic E-state index is 0.0642. The zero-order chi connectivity index (χ0) is 29.6. The number of amides is 2. The molecule has 10 heteroatoms. The third kappa shape index (κ3) is 4.65. The average Bonchev–Trinajstić information content (AvgIpc) is 3.46. The molecule has 212 valence electrons. The average molecular weight is 599 g/mol. The summed E-state index contributed by atoms with van der Waals surface area (Å²) in [6.45, 7) is 1.59. The first-order valence-corrected chi connectivity index (χ1v) is 15.2. The van der Waals surface area contributed by atoms with Gasteiger partial charge in [0.05, 0.1) is 16.6 Å². The summed E-state index contributed by atoms with van der Waals surface area (Å²) in [5, 5.41) is 1.34. The van der Waals surface area contributed by atoms with Crippen molar-refractivity contribution in [2.24, 2.45) is 7.05 Å². The predicted molar refractivity (Wildman–Crippen MR) is 162 cm³/mol. The number of para-hydroxylation sites is 1. The van der Waals surface area contributed by atoms with Gasteiger partial charge in [0.1, 0.15) is 6.04 Å². The van der Waals surface area contributed by atoms with Gasteiger partial charge in [0.15, 0.2) is 0 Å². The van der Waals surface area contributed by atoms with E-state index in [0.717, 1.165) is 33.3 Å². The van der Waals surface area contributed by atoms with Gasteiger partial charge in [-0.3, -0.25) is 15.0 Å². The zero-order valence-electron chi connectivity index (χ0n) is 22.8. The maximum Gasteiger partial charge on any atom is 0.257 e. The first-order valence-electron chi connectivity index (χ1n) is 13.3. The van der Waals surface area contributed by atoms with Crippen LogP contribution in [0.25, 0.3) is 22.2 Å². The molecule has 8 nitrogen and oxygen atoms in total. The van der Waals surface area contributed by atoms with Gasteiger partial charge in [0.2, 0.25) is 0 Å². The van der Waals surface area contributed by atoms with Crippen LogP contribution in [-0.2, 0) is 21.9 Å². The van der Waals surface area contributed by atoms with Crippen molar-refractivity contribution < 1.29 is 18.0 Å². The van der Waals surface area contributed by atoms with Crippen molar-refractivity contribution >= 4 is 44.3 Å². The van der Waals surface area contributed by atoms with E-state index in [-0.39, 0.29) is 10.8 Å². The molecule has 0 saturated heterocycles. The van der Waals surface area contributed by atoms with Crippen molar-refractivity contribution in [2.45, 2.75) is 23.9 Å². The largest absolute Gasteiger partial charge is 0.343 e. The summed E-state index contributed by atoms with van der Waals surface area (Å²) in [7, 11) is -2.09. The Hall–Kier alpha value is -4.44. The van der Waals surface area contributed by atoms with E-state index in [9.17, 15) is 18.0 Å². The van der Waals surface area contributed by atoms with Gasteiger partial charge in [0, 0.05) is 34.1 Å². The quantitative estimate of drug-likeness (QED) is 0.244. The lowest BCUT2D eigenvalue weighted by Crippen LogP contribution is -2.52. The molecule has 0 aliphatic carbocycles. The number of sulfonamides is 1. The number of rotatable bonds is 7. The molecule has 2 heterocycles. The number of hydrazine groups is 1. The summed E-state index contributed by atoms with van der Waals surface area (Å²) >= 11 is 5.88. The number of aromatic nitrogens is 1. The lowest BCUT2D eigenvalue weighted by molar-refractivity contribution is -0.126. The number of fused-ring (bicyclic) bond motifs is 2. The molecule has 1 aliphatic rings. The summed E-state index contributed by atoms with van der Waals surface area (Å²) < 4.78 is 27.7. The molecule has 2 unspecified atom stereocenters. The number of benzene rings is 4. The Morgan fingerprint density at radius 3 is 2.26 bits per heavy atom. The molecule has 1 aliphatic heterocycles. The monoisotopic (exact) mass is 598 g/mol. The van der Waals surface area contributed by atoms with Gasteiger partial charge >= 0.3 is 0 Å². The van der Waals surface area contributed by atoms with Crippen LogP contribution in [0.3, 0.4) is 0 Å². The fourth-order valence-corrected chi connectivity index (χ4v) is 6.67. The molecular weight excluding hydrogens is 572 g/mol. The molecule has 4 aromatic carbocycles. The zero-order valence-corrected chi connectivity index (χ0v) is 24.4. The van der Waals surface area contributed by atoms with Crippen molar-refractivity contribution in [2.75, 3.05) is 0 Å². The van der Waals surface area contributed by atoms with E-state index >= 15 is 0 Å². The van der Waals surface area contributed by atoms with Crippen molar-refractivity contribution in [3.05, 3.63) is 125 Å². The Morgan fingerprint density at radius 2 is 1.52 bits per heavy atom. The molecular formula is C32H27ClN4O4S. The normalized spacial score (nSPS) is 15.5. The van der Waals surface area contributed by atoms with Gasteiger partial charge in [0.25, 0.3) is 21.8 Å². The molecule has 42 heavy (non-hydrogen) atoms. The molecule has 0 saturated carbocycles. The highest BCUT2D eigenvalue weighted by atomic mass is 35.5. The molecule has 0 radical (unpaired) electrons. The molecule has 0 fully saturated rings. The number of aryl methyl sites for hydroxylation is 1. The van der Waals surface area contributed by atoms with Crippen LogP contribution in [0, 0.1) is 0 Å². The van der Waals surface area contributed by atoms with Crippen LogP contribution in [0.5, 0.6) is 0 Å². The number of hydrogen-bond acceptors (Lipinski definition) is 4. The number of carbonyl (C=O) groups excluding carboxylic acids is 2. The van der Waals surface area contributed by atoms with Crippen molar-refractivity contribution in [1.29, 1.82) is 0 Å². The van der Waals surface area contributed by atoms with E-state index in [0.29, 0.717) is 10.6 Å². The Bertz CT molecular complexity index is 1940. The molecule has 6 rings (SSSR count). The fraction of sp³-hybridized carbons (Fsp3) is 0.125. The van der Waals surface area contributed by atoms with Gasteiger partial charge in [-0.15, -0.1) is 4.83 Å². The van der Waals surface area contributed by atoms with Crippen LogP contribution in [0.4, 0.5) is 0 Å². The third-order valence-electron chi connectivity index (χ3n) is 7.69. The van der Waals surface area contributed by atoms with E-state index in [1.165, 1.54) is 29.2 Å². The number of halogens is 1. The first kappa shape index (κ1) is 27.7. The summed E-state index contributed by atoms with van der Waals surface area (Å²) in [5.74, 6) is -0.994. The van der Waals surface area contributed by atoms with Crippen molar-refractivity contribution in [3.8, 4) is 11.3 Å². The van der Waals surface area contributed by atoms with Gasteiger partial charge in [-0.05, 0) is 54.4 Å². The second kappa shape index (κ2) is 10.8. The number of hydrogen-bond donors (Lipinski definition) is 2. The highest BCUT2D eigenvalue weighted by Crippen LogP contribution is 2.47. The predicted octanol–water partition coefficient (Wildman–Crippen LogP) is 5.44. The Balaban J connectivity index is 1.43. The highest BCUT2D eigenvalue weighted by Gasteiger charge is 2.44. The van der Waals surface area contributed by atoms with Crippen molar-refractivity contribution in [3.63, 3.8) is 0 Å². The Labute approximate surface area is 248 Å². The number of nitrogens with one attached hydrogen (secondary N) is 2. The maximum atomic E-state index is 14.0. The van der Waals surface area contributed by atoms with Gasteiger partial charge in [-0.1, -0.05) is 78.3 Å². The molecule has 2 amide bonds. The van der Waals surface area contributed by atoms with E-state index < -0.39 is 28.0 Å². The van der Waals surface area contributed by atoms with Crippen LogP contribution < -0.4 is 10.3 Å². The number of carbonyl (C=O) groups is 2. The fourth-order valence-electron chi connectivity index (χ4n) is 5.70. The Kier molecular flexibility index (Phi) is 7.10. The topological polar surface area (TPSA) is 101 Å². The first-order chi connectivity index (χ1) is 20.2. The van der Waals surface area contributed by atoms with Crippen LogP contribution in [0.2, 0.25) is 5.02 Å². The molecule has 0 bridgehead atoms.